The van der Waals surface area contributed by atoms with Gasteiger partial charge in [0.25, 0.3) is 0 Å². The van der Waals surface area contributed by atoms with E-state index in [1.807, 2.05) is 0 Å². The molecule has 0 aromatic rings. The molecule has 26 heavy (non-hydrogen) atoms. The zero-order chi connectivity index (χ0) is 18.8. The van der Waals surface area contributed by atoms with E-state index in [1.54, 1.807) is 14.2 Å². The quantitative estimate of drug-likeness (QED) is 0.748. The molecule has 4 rings (SSSR count). The van der Waals surface area contributed by atoms with Crippen molar-refractivity contribution in [3.05, 3.63) is 0 Å². The molecule has 0 saturated heterocycles. The Labute approximate surface area is 159 Å². The summed E-state index contributed by atoms with van der Waals surface area (Å²) in [5, 5.41) is 11.2. The molecule has 0 heterocycles. The van der Waals surface area contributed by atoms with E-state index in [9.17, 15) is 5.11 Å². The van der Waals surface area contributed by atoms with Crippen LogP contribution in [0, 0.1) is 34.5 Å². The molecule has 0 aromatic carbocycles. The summed E-state index contributed by atoms with van der Waals surface area (Å²) in [6, 6.07) is 0. The summed E-state index contributed by atoms with van der Waals surface area (Å²) in [5.41, 5.74) is 5.81. The maximum atomic E-state index is 11.2. The average molecular weight is 366 g/mol. The number of hydrogen-bond donors (Lipinski definition) is 2. The standard InChI is InChI=1S/C22H39NO3/c1-19-11-12-22(25-3,26-4)13-15(19)5-6-16-17(19)7-9-20(2)18(16)8-10-21(20,24)14-23/h15-18,24H,5-14,23H2,1-4H3/t15-,16+,17-,18-,19-,20-,21+/m0/s1. The van der Waals surface area contributed by atoms with Gasteiger partial charge in [0.1, 0.15) is 0 Å². The van der Waals surface area contributed by atoms with Crippen molar-refractivity contribution in [2.75, 3.05) is 20.8 Å². The fourth-order valence-corrected chi connectivity index (χ4v) is 8.10. The van der Waals surface area contributed by atoms with Crippen LogP contribution >= 0.6 is 0 Å². The van der Waals surface area contributed by atoms with Crippen LogP contribution in [0.1, 0.15) is 71.6 Å². The Morgan fingerprint density at radius 1 is 0.923 bits per heavy atom. The van der Waals surface area contributed by atoms with Gasteiger partial charge in [-0.1, -0.05) is 13.8 Å². The van der Waals surface area contributed by atoms with Crippen molar-refractivity contribution in [1.82, 2.24) is 0 Å². The molecule has 0 bridgehead atoms. The third-order valence-electron chi connectivity index (χ3n) is 10.1. The molecule has 0 spiro atoms. The first-order valence-corrected chi connectivity index (χ1v) is 10.8. The molecule has 0 amide bonds. The van der Waals surface area contributed by atoms with Crippen LogP contribution in [0.5, 0.6) is 0 Å². The maximum absolute atomic E-state index is 11.2. The van der Waals surface area contributed by atoms with E-state index in [2.05, 4.69) is 13.8 Å². The van der Waals surface area contributed by atoms with Crippen molar-refractivity contribution >= 4 is 0 Å². The Hall–Kier alpha value is -0.160. The molecular weight excluding hydrogens is 326 g/mol. The van der Waals surface area contributed by atoms with Crippen molar-refractivity contribution in [2.24, 2.45) is 40.2 Å². The van der Waals surface area contributed by atoms with Crippen LogP contribution in [0.25, 0.3) is 0 Å². The number of fused-ring (bicyclic) bond motifs is 5. The first-order chi connectivity index (χ1) is 12.3. The third kappa shape index (κ3) is 2.34. The Balaban J connectivity index is 1.60. The minimum absolute atomic E-state index is 0.0175. The van der Waals surface area contributed by atoms with Crippen LogP contribution in [0.15, 0.2) is 0 Å². The molecule has 150 valence electrons. The van der Waals surface area contributed by atoms with Gasteiger partial charge in [0.2, 0.25) is 0 Å². The van der Waals surface area contributed by atoms with Crippen LogP contribution in [-0.4, -0.2) is 37.3 Å². The molecule has 3 N–H and O–H groups in total. The topological polar surface area (TPSA) is 64.7 Å². The number of ether oxygens (including phenoxy) is 2. The lowest BCUT2D eigenvalue weighted by Gasteiger charge is -2.62. The highest BCUT2D eigenvalue weighted by atomic mass is 16.7. The van der Waals surface area contributed by atoms with Gasteiger partial charge in [0.05, 0.1) is 5.60 Å². The van der Waals surface area contributed by atoms with Gasteiger partial charge in [-0.05, 0) is 74.0 Å². The average Bonchev–Trinajstić information content (AvgIpc) is 2.93. The highest BCUT2D eigenvalue weighted by Crippen LogP contribution is 2.68. The van der Waals surface area contributed by atoms with Gasteiger partial charge in [-0.15, -0.1) is 0 Å². The van der Waals surface area contributed by atoms with Crippen LogP contribution in [0.3, 0.4) is 0 Å². The van der Waals surface area contributed by atoms with Gasteiger partial charge >= 0.3 is 0 Å². The van der Waals surface area contributed by atoms with Crippen LogP contribution in [0.2, 0.25) is 0 Å². The second kappa shape index (κ2) is 6.17. The zero-order valence-electron chi connectivity index (χ0n) is 17.2. The molecule has 0 aromatic heterocycles. The third-order valence-corrected chi connectivity index (χ3v) is 10.1. The van der Waals surface area contributed by atoms with E-state index < -0.39 is 5.60 Å². The predicted octanol–water partition coefficient (Wildman–Crippen LogP) is 3.71. The van der Waals surface area contributed by atoms with Crippen molar-refractivity contribution in [3.8, 4) is 0 Å². The SMILES string of the molecule is COC1(OC)CC[C@@]2(C)[C@@H](CC[C@@H]3[C@@H]2CC[C@@]2(C)[C@H]3CC[C@@]2(O)CN)C1. The van der Waals surface area contributed by atoms with E-state index in [4.69, 9.17) is 15.2 Å². The fourth-order valence-electron chi connectivity index (χ4n) is 8.10. The van der Waals surface area contributed by atoms with Gasteiger partial charge < -0.3 is 20.3 Å². The van der Waals surface area contributed by atoms with Gasteiger partial charge in [0.15, 0.2) is 5.79 Å². The first kappa shape index (κ1) is 19.2. The molecular formula is C22H39NO3. The molecule has 4 aliphatic rings. The smallest absolute Gasteiger partial charge is 0.167 e. The normalized spacial score (nSPS) is 52.8. The highest BCUT2D eigenvalue weighted by Gasteiger charge is 2.64. The van der Waals surface area contributed by atoms with E-state index >= 15 is 0 Å². The van der Waals surface area contributed by atoms with Crippen molar-refractivity contribution in [2.45, 2.75) is 83.0 Å². The maximum Gasteiger partial charge on any atom is 0.167 e. The van der Waals surface area contributed by atoms with Crippen molar-refractivity contribution < 1.29 is 14.6 Å². The molecule has 0 unspecified atom stereocenters. The molecule has 4 nitrogen and oxygen atoms in total. The van der Waals surface area contributed by atoms with E-state index in [1.165, 1.54) is 25.7 Å². The van der Waals surface area contributed by atoms with E-state index in [0.29, 0.717) is 23.8 Å². The largest absolute Gasteiger partial charge is 0.388 e. The molecule has 4 aliphatic carbocycles. The van der Waals surface area contributed by atoms with Gasteiger partial charge in [-0.2, -0.15) is 0 Å². The molecule has 0 radical (unpaired) electrons. The van der Waals surface area contributed by atoms with Crippen LogP contribution < -0.4 is 5.73 Å². The summed E-state index contributed by atoms with van der Waals surface area (Å²) in [6.07, 6.45) is 10.3. The predicted molar refractivity (Wildman–Crippen MR) is 102 cm³/mol. The van der Waals surface area contributed by atoms with Gasteiger partial charge in [-0.3, -0.25) is 0 Å². The minimum Gasteiger partial charge on any atom is -0.388 e. The van der Waals surface area contributed by atoms with Gasteiger partial charge in [0, 0.05) is 39.0 Å². The summed E-state index contributed by atoms with van der Waals surface area (Å²) < 4.78 is 11.6. The number of nitrogens with two attached hydrogens (primary N) is 1. The van der Waals surface area contributed by atoms with Crippen LogP contribution in [0.4, 0.5) is 0 Å². The number of methoxy groups -OCH3 is 2. The number of hydrogen-bond acceptors (Lipinski definition) is 4. The fraction of sp³-hybridized carbons (Fsp3) is 1.00. The van der Waals surface area contributed by atoms with Crippen LogP contribution in [-0.2, 0) is 9.47 Å². The monoisotopic (exact) mass is 365 g/mol. The second-order valence-electron chi connectivity index (χ2n) is 10.4. The Morgan fingerprint density at radius 3 is 2.27 bits per heavy atom. The first-order valence-electron chi connectivity index (χ1n) is 10.8. The second-order valence-corrected chi connectivity index (χ2v) is 10.4. The molecule has 7 atom stereocenters. The van der Waals surface area contributed by atoms with E-state index in [0.717, 1.165) is 43.9 Å². The number of rotatable bonds is 3. The zero-order valence-corrected chi connectivity index (χ0v) is 17.2. The Kier molecular flexibility index (Phi) is 4.55. The summed E-state index contributed by atoms with van der Waals surface area (Å²) in [5.74, 6) is 2.51. The minimum atomic E-state index is -0.645. The summed E-state index contributed by atoms with van der Waals surface area (Å²) >= 11 is 0. The highest BCUT2D eigenvalue weighted by molar-refractivity contribution is 5.14. The summed E-state index contributed by atoms with van der Waals surface area (Å²) in [7, 11) is 3.60. The Bertz CT molecular complexity index is 550. The summed E-state index contributed by atoms with van der Waals surface area (Å²) in [4.78, 5) is 0. The molecule has 4 saturated carbocycles. The van der Waals surface area contributed by atoms with Crippen molar-refractivity contribution in [3.63, 3.8) is 0 Å². The molecule has 0 aliphatic heterocycles. The summed E-state index contributed by atoms with van der Waals surface area (Å²) in [6.45, 7) is 5.31. The lowest BCUT2D eigenvalue weighted by molar-refractivity contribution is -0.262. The van der Waals surface area contributed by atoms with E-state index in [-0.39, 0.29) is 11.2 Å². The number of aliphatic hydroxyl groups is 1. The van der Waals surface area contributed by atoms with Gasteiger partial charge in [-0.25, -0.2) is 0 Å². The lowest BCUT2D eigenvalue weighted by Crippen LogP contribution is -2.59. The lowest BCUT2D eigenvalue weighted by atomic mass is 9.44. The Morgan fingerprint density at radius 2 is 1.62 bits per heavy atom. The molecule has 4 fully saturated rings. The van der Waals surface area contributed by atoms with Crippen molar-refractivity contribution in [1.29, 1.82) is 0 Å². The molecule has 4 heteroatoms.